The third kappa shape index (κ3) is 8.60. The van der Waals surface area contributed by atoms with Crippen molar-refractivity contribution in [2.75, 3.05) is 0 Å². The molecule has 0 radical (unpaired) electrons. The molecule has 0 aliphatic rings. The summed E-state index contributed by atoms with van der Waals surface area (Å²) in [6.07, 6.45) is -0.172. The standard InChI is InChI=1S/C23H28N4O6/c1-22(2,3)32-20(30)26-19(27-21(31)33-23(4,5)6)25-15-10-7-9-14(13-15)17-16(18(28)29)11-8-12-24-17/h7-13H,1-6H3,(H,28,29)(H2,25,26,27,30,31). The molecule has 3 N–H and O–H groups in total. The molecule has 0 atom stereocenters. The van der Waals surface area contributed by atoms with E-state index in [4.69, 9.17) is 9.47 Å². The van der Waals surface area contributed by atoms with Gasteiger partial charge in [0.25, 0.3) is 0 Å². The fraction of sp³-hybridized carbons (Fsp3) is 0.348. The summed E-state index contributed by atoms with van der Waals surface area (Å²) in [5.41, 5.74) is -0.457. The number of nitrogens with zero attached hydrogens (tertiary/aromatic N) is 2. The van der Waals surface area contributed by atoms with Gasteiger partial charge in [0.1, 0.15) is 11.2 Å². The van der Waals surface area contributed by atoms with Crippen LogP contribution in [0.3, 0.4) is 0 Å². The Hall–Kier alpha value is -3.95. The van der Waals surface area contributed by atoms with Crippen LogP contribution in [0, 0.1) is 0 Å². The van der Waals surface area contributed by atoms with E-state index < -0.39 is 29.4 Å². The van der Waals surface area contributed by atoms with E-state index in [2.05, 4.69) is 20.6 Å². The summed E-state index contributed by atoms with van der Waals surface area (Å²) >= 11 is 0. The summed E-state index contributed by atoms with van der Waals surface area (Å²) in [5.74, 6) is -1.35. The summed E-state index contributed by atoms with van der Waals surface area (Å²) in [6, 6.07) is 9.48. The van der Waals surface area contributed by atoms with Crippen LogP contribution in [0.25, 0.3) is 11.3 Å². The van der Waals surface area contributed by atoms with E-state index in [0.717, 1.165) is 0 Å². The van der Waals surface area contributed by atoms with Crippen LogP contribution in [-0.4, -0.2) is 45.4 Å². The van der Waals surface area contributed by atoms with Gasteiger partial charge >= 0.3 is 18.2 Å². The molecule has 33 heavy (non-hydrogen) atoms. The average Bonchev–Trinajstić information content (AvgIpc) is 2.65. The first-order valence-electron chi connectivity index (χ1n) is 10.1. The van der Waals surface area contributed by atoms with Gasteiger partial charge in [0.2, 0.25) is 5.96 Å². The number of alkyl carbamates (subject to hydrolysis) is 2. The Labute approximate surface area is 192 Å². The van der Waals surface area contributed by atoms with Gasteiger partial charge in [0, 0.05) is 11.8 Å². The molecule has 2 rings (SSSR count). The second kappa shape index (κ2) is 10.1. The van der Waals surface area contributed by atoms with E-state index in [1.807, 2.05) is 0 Å². The Morgan fingerprint density at radius 3 is 2.00 bits per heavy atom. The monoisotopic (exact) mass is 456 g/mol. The van der Waals surface area contributed by atoms with Gasteiger partial charge in [-0.05, 0) is 65.8 Å². The highest BCUT2D eigenvalue weighted by Gasteiger charge is 2.21. The summed E-state index contributed by atoms with van der Waals surface area (Å²) in [7, 11) is 0. The number of hydrogen-bond donors (Lipinski definition) is 3. The lowest BCUT2D eigenvalue weighted by Gasteiger charge is -2.22. The highest BCUT2D eigenvalue weighted by Crippen LogP contribution is 2.25. The van der Waals surface area contributed by atoms with Gasteiger partial charge in [-0.15, -0.1) is 0 Å². The lowest BCUT2D eigenvalue weighted by Crippen LogP contribution is -2.47. The van der Waals surface area contributed by atoms with Crippen molar-refractivity contribution >= 4 is 29.8 Å². The van der Waals surface area contributed by atoms with Crippen molar-refractivity contribution in [3.63, 3.8) is 0 Å². The van der Waals surface area contributed by atoms with Gasteiger partial charge in [-0.2, -0.15) is 0 Å². The van der Waals surface area contributed by atoms with Gasteiger partial charge < -0.3 is 14.6 Å². The molecule has 0 bridgehead atoms. The molecule has 1 heterocycles. The first-order valence-corrected chi connectivity index (χ1v) is 10.1. The maximum absolute atomic E-state index is 12.3. The maximum Gasteiger partial charge on any atom is 0.414 e. The number of ether oxygens (including phenoxy) is 2. The minimum absolute atomic E-state index is 0.0256. The molecule has 0 spiro atoms. The number of aromatic nitrogens is 1. The number of nitrogens with one attached hydrogen (secondary N) is 2. The predicted octanol–water partition coefficient (Wildman–Crippen LogP) is 4.48. The molecule has 1 aromatic carbocycles. The van der Waals surface area contributed by atoms with E-state index in [-0.39, 0.29) is 17.2 Å². The smallest absolute Gasteiger partial charge is 0.414 e. The van der Waals surface area contributed by atoms with Gasteiger partial charge in [-0.1, -0.05) is 12.1 Å². The number of carbonyl (C=O) groups excluding carboxylic acids is 2. The topological polar surface area (TPSA) is 139 Å². The Morgan fingerprint density at radius 1 is 0.909 bits per heavy atom. The van der Waals surface area contributed by atoms with Crippen LogP contribution in [0.2, 0.25) is 0 Å². The number of carbonyl (C=O) groups is 3. The molecule has 0 fully saturated rings. The van der Waals surface area contributed by atoms with Crippen molar-refractivity contribution < 1.29 is 29.0 Å². The molecule has 1 aromatic heterocycles. The van der Waals surface area contributed by atoms with Crippen LogP contribution in [0.5, 0.6) is 0 Å². The largest absolute Gasteiger partial charge is 0.478 e. The van der Waals surface area contributed by atoms with Crippen molar-refractivity contribution in [2.24, 2.45) is 4.99 Å². The summed E-state index contributed by atoms with van der Waals surface area (Å²) in [4.78, 5) is 44.5. The van der Waals surface area contributed by atoms with E-state index in [0.29, 0.717) is 11.3 Å². The second-order valence-corrected chi connectivity index (χ2v) is 8.97. The molecule has 176 valence electrons. The number of pyridine rings is 1. The zero-order valence-corrected chi connectivity index (χ0v) is 19.4. The van der Waals surface area contributed by atoms with Crippen molar-refractivity contribution in [1.82, 2.24) is 15.6 Å². The maximum atomic E-state index is 12.3. The predicted molar refractivity (Wildman–Crippen MR) is 122 cm³/mol. The third-order valence-electron chi connectivity index (χ3n) is 3.64. The molecule has 0 aliphatic carbocycles. The van der Waals surface area contributed by atoms with Crippen LogP contribution >= 0.6 is 0 Å². The fourth-order valence-corrected chi connectivity index (χ4v) is 2.55. The summed E-state index contributed by atoms with van der Waals surface area (Å²) < 4.78 is 10.5. The van der Waals surface area contributed by atoms with Crippen molar-refractivity contribution in [3.05, 3.63) is 48.2 Å². The van der Waals surface area contributed by atoms with Crippen LogP contribution < -0.4 is 10.6 Å². The molecule has 10 heteroatoms. The second-order valence-electron chi connectivity index (χ2n) is 8.97. The molecule has 0 aliphatic heterocycles. The number of hydrogen-bond acceptors (Lipinski definition) is 7. The molecule has 10 nitrogen and oxygen atoms in total. The first kappa shape index (κ1) is 25.3. The Kier molecular flexibility index (Phi) is 7.76. The van der Waals surface area contributed by atoms with E-state index in [1.54, 1.807) is 65.8 Å². The summed E-state index contributed by atoms with van der Waals surface area (Å²) in [6.45, 7) is 10.2. The highest BCUT2D eigenvalue weighted by molar-refractivity contribution is 6.02. The lowest BCUT2D eigenvalue weighted by atomic mass is 10.1. The van der Waals surface area contributed by atoms with E-state index in [1.165, 1.54) is 18.3 Å². The molecular weight excluding hydrogens is 428 g/mol. The lowest BCUT2D eigenvalue weighted by molar-refractivity contribution is 0.0543. The number of amides is 2. The van der Waals surface area contributed by atoms with Crippen molar-refractivity contribution in [2.45, 2.75) is 52.7 Å². The molecule has 2 aromatic rings. The number of carboxylic acid groups (broad SMARTS) is 1. The quantitative estimate of drug-likeness (QED) is 0.457. The number of rotatable bonds is 3. The van der Waals surface area contributed by atoms with E-state index in [9.17, 15) is 19.5 Å². The zero-order valence-electron chi connectivity index (χ0n) is 19.4. The Bertz CT molecular complexity index is 1040. The number of aromatic carboxylic acids is 1. The Balaban J connectivity index is 2.40. The molecule has 0 saturated carbocycles. The zero-order chi connectivity index (χ0) is 24.8. The van der Waals surface area contributed by atoms with Crippen LogP contribution in [-0.2, 0) is 9.47 Å². The van der Waals surface area contributed by atoms with E-state index >= 15 is 0 Å². The van der Waals surface area contributed by atoms with Crippen LogP contribution in [0.1, 0.15) is 51.9 Å². The van der Waals surface area contributed by atoms with Gasteiger partial charge in [-0.3, -0.25) is 15.6 Å². The molecule has 2 amide bonds. The third-order valence-corrected chi connectivity index (χ3v) is 3.64. The molecule has 0 saturated heterocycles. The Morgan fingerprint density at radius 2 is 1.48 bits per heavy atom. The van der Waals surface area contributed by atoms with Crippen LogP contribution in [0.15, 0.2) is 47.6 Å². The fourth-order valence-electron chi connectivity index (χ4n) is 2.55. The van der Waals surface area contributed by atoms with Crippen molar-refractivity contribution in [1.29, 1.82) is 0 Å². The number of aliphatic imine (C=N–C) groups is 1. The van der Waals surface area contributed by atoms with Crippen LogP contribution in [0.4, 0.5) is 15.3 Å². The first-order chi connectivity index (χ1) is 15.2. The van der Waals surface area contributed by atoms with Gasteiger partial charge in [0.15, 0.2) is 0 Å². The minimum Gasteiger partial charge on any atom is -0.478 e. The summed E-state index contributed by atoms with van der Waals surface area (Å²) in [5, 5.41) is 14.2. The SMILES string of the molecule is CC(C)(C)OC(=O)NC(=Nc1cccc(-c2ncccc2C(=O)O)c1)NC(=O)OC(C)(C)C. The minimum atomic E-state index is -1.12. The number of benzene rings is 1. The normalized spacial score (nSPS) is 11.2. The number of guanidine groups is 1. The number of carboxylic acids is 1. The highest BCUT2D eigenvalue weighted by atomic mass is 16.6. The molecule has 0 unspecified atom stereocenters. The van der Waals surface area contributed by atoms with Crippen molar-refractivity contribution in [3.8, 4) is 11.3 Å². The molecular formula is C23H28N4O6. The van der Waals surface area contributed by atoms with Gasteiger partial charge in [-0.25, -0.2) is 19.4 Å². The average molecular weight is 456 g/mol. The van der Waals surface area contributed by atoms with Gasteiger partial charge in [0.05, 0.1) is 16.9 Å².